The van der Waals surface area contributed by atoms with Gasteiger partial charge >= 0.3 is 6.61 Å². The van der Waals surface area contributed by atoms with Gasteiger partial charge in [0.25, 0.3) is 0 Å². The van der Waals surface area contributed by atoms with Crippen LogP contribution in [0.3, 0.4) is 0 Å². The third-order valence-corrected chi connectivity index (χ3v) is 1.76. The maximum absolute atomic E-state index is 12.0. The van der Waals surface area contributed by atoms with Crippen LogP contribution in [0.2, 0.25) is 0 Å². The fourth-order valence-corrected chi connectivity index (χ4v) is 1.14. The standard InChI is InChI=1S/C10H13F2NO2/c1-2-14-9-5-7(6-13)3-4-8(9)15-10(11)12/h3-5,10H,2,6,13H2,1H3. The first-order chi connectivity index (χ1) is 7.17. The number of hydrogen-bond donors (Lipinski definition) is 1. The molecule has 0 atom stereocenters. The largest absolute Gasteiger partial charge is 0.490 e. The lowest BCUT2D eigenvalue weighted by atomic mass is 10.2. The predicted molar refractivity (Wildman–Crippen MR) is 52.1 cm³/mol. The molecule has 3 nitrogen and oxygen atoms in total. The van der Waals surface area contributed by atoms with Crippen LogP contribution in [0.15, 0.2) is 18.2 Å². The Hall–Kier alpha value is -1.36. The van der Waals surface area contributed by atoms with Crippen LogP contribution < -0.4 is 15.2 Å². The van der Waals surface area contributed by atoms with E-state index in [0.717, 1.165) is 5.56 Å². The Bertz CT molecular complexity index is 318. The number of nitrogens with two attached hydrogens (primary N) is 1. The molecule has 0 aliphatic carbocycles. The SMILES string of the molecule is CCOc1cc(CN)ccc1OC(F)F. The molecule has 0 heterocycles. The number of halogens is 2. The van der Waals surface area contributed by atoms with Gasteiger partial charge in [-0.25, -0.2) is 0 Å². The van der Waals surface area contributed by atoms with E-state index in [2.05, 4.69) is 4.74 Å². The first-order valence-corrected chi connectivity index (χ1v) is 4.58. The van der Waals surface area contributed by atoms with Crippen molar-refractivity contribution in [3.63, 3.8) is 0 Å². The topological polar surface area (TPSA) is 44.5 Å². The van der Waals surface area contributed by atoms with Crippen molar-refractivity contribution in [1.29, 1.82) is 0 Å². The predicted octanol–water partition coefficient (Wildman–Crippen LogP) is 2.15. The highest BCUT2D eigenvalue weighted by Gasteiger charge is 2.10. The van der Waals surface area contributed by atoms with Gasteiger partial charge in [-0.3, -0.25) is 0 Å². The highest BCUT2D eigenvalue weighted by atomic mass is 19.3. The maximum atomic E-state index is 12.0. The summed E-state index contributed by atoms with van der Waals surface area (Å²) in [6, 6.07) is 4.65. The lowest BCUT2D eigenvalue weighted by molar-refractivity contribution is -0.0514. The molecule has 0 bridgehead atoms. The number of alkyl halides is 2. The molecule has 0 saturated heterocycles. The second-order valence-electron chi connectivity index (χ2n) is 2.80. The molecule has 0 aromatic heterocycles. The molecule has 0 unspecified atom stereocenters. The fraction of sp³-hybridized carbons (Fsp3) is 0.400. The zero-order valence-electron chi connectivity index (χ0n) is 8.37. The maximum Gasteiger partial charge on any atom is 0.387 e. The van der Waals surface area contributed by atoms with E-state index >= 15 is 0 Å². The summed E-state index contributed by atoms with van der Waals surface area (Å²) in [5.74, 6) is 0.324. The molecular formula is C10H13F2NO2. The second kappa shape index (κ2) is 5.50. The molecule has 0 aliphatic heterocycles. The van der Waals surface area contributed by atoms with Crippen molar-refractivity contribution in [2.75, 3.05) is 6.61 Å². The van der Waals surface area contributed by atoms with Gasteiger partial charge in [0.1, 0.15) is 0 Å². The molecule has 1 aromatic carbocycles. The summed E-state index contributed by atoms with van der Waals surface area (Å²) in [6.45, 7) is -0.378. The van der Waals surface area contributed by atoms with Gasteiger partial charge in [-0.2, -0.15) is 8.78 Å². The number of ether oxygens (including phenoxy) is 2. The summed E-state index contributed by atoms with van der Waals surface area (Å²) < 4.78 is 33.5. The summed E-state index contributed by atoms with van der Waals surface area (Å²) in [6.07, 6.45) is 0. The van der Waals surface area contributed by atoms with E-state index in [9.17, 15) is 8.78 Å². The Morgan fingerprint density at radius 1 is 1.33 bits per heavy atom. The molecule has 5 heteroatoms. The van der Waals surface area contributed by atoms with E-state index in [0.29, 0.717) is 18.9 Å². The van der Waals surface area contributed by atoms with Crippen LogP contribution >= 0.6 is 0 Å². The van der Waals surface area contributed by atoms with Crippen molar-refractivity contribution < 1.29 is 18.3 Å². The molecule has 0 aliphatic rings. The molecule has 0 spiro atoms. The summed E-state index contributed by atoms with van der Waals surface area (Å²) >= 11 is 0. The van der Waals surface area contributed by atoms with E-state index in [1.54, 1.807) is 19.1 Å². The summed E-state index contributed by atoms with van der Waals surface area (Å²) in [5, 5.41) is 0. The van der Waals surface area contributed by atoms with Crippen molar-refractivity contribution in [2.24, 2.45) is 5.73 Å². The van der Waals surface area contributed by atoms with Gasteiger partial charge in [0.2, 0.25) is 0 Å². The van der Waals surface area contributed by atoms with Crippen molar-refractivity contribution in [3.8, 4) is 11.5 Å². The average molecular weight is 217 g/mol. The van der Waals surface area contributed by atoms with Crippen molar-refractivity contribution in [1.82, 2.24) is 0 Å². The van der Waals surface area contributed by atoms with Crippen LogP contribution in [-0.4, -0.2) is 13.2 Å². The van der Waals surface area contributed by atoms with Crippen molar-refractivity contribution in [3.05, 3.63) is 23.8 Å². The van der Waals surface area contributed by atoms with E-state index in [4.69, 9.17) is 10.5 Å². The second-order valence-corrected chi connectivity index (χ2v) is 2.80. The van der Waals surface area contributed by atoms with Gasteiger partial charge in [-0.15, -0.1) is 0 Å². The Morgan fingerprint density at radius 2 is 2.07 bits per heavy atom. The lowest BCUT2D eigenvalue weighted by Crippen LogP contribution is -2.05. The van der Waals surface area contributed by atoms with Gasteiger partial charge in [0.15, 0.2) is 11.5 Å². The highest BCUT2D eigenvalue weighted by Crippen LogP contribution is 2.29. The molecule has 0 fully saturated rings. The van der Waals surface area contributed by atoms with E-state index in [1.165, 1.54) is 6.07 Å². The molecule has 15 heavy (non-hydrogen) atoms. The fourth-order valence-electron chi connectivity index (χ4n) is 1.14. The zero-order valence-corrected chi connectivity index (χ0v) is 8.37. The normalized spacial score (nSPS) is 10.5. The highest BCUT2D eigenvalue weighted by molar-refractivity contribution is 5.43. The Morgan fingerprint density at radius 3 is 2.60 bits per heavy atom. The van der Waals surface area contributed by atoms with Crippen molar-refractivity contribution in [2.45, 2.75) is 20.1 Å². The molecule has 2 N–H and O–H groups in total. The molecular weight excluding hydrogens is 204 g/mol. The number of benzene rings is 1. The molecule has 84 valence electrons. The Balaban J connectivity index is 2.92. The van der Waals surface area contributed by atoms with Crippen LogP contribution in [-0.2, 0) is 6.54 Å². The van der Waals surface area contributed by atoms with Crippen LogP contribution in [0.1, 0.15) is 12.5 Å². The van der Waals surface area contributed by atoms with Gasteiger partial charge in [-0.05, 0) is 24.6 Å². The molecule has 1 rings (SSSR count). The van der Waals surface area contributed by atoms with E-state index in [1.807, 2.05) is 0 Å². The van der Waals surface area contributed by atoms with Gasteiger partial charge < -0.3 is 15.2 Å². The zero-order chi connectivity index (χ0) is 11.3. The van der Waals surface area contributed by atoms with E-state index < -0.39 is 6.61 Å². The first kappa shape index (κ1) is 11.7. The van der Waals surface area contributed by atoms with Crippen LogP contribution in [0.4, 0.5) is 8.78 Å². The van der Waals surface area contributed by atoms with Gasteiger partial charge in [0.05, 0.1) is 6.61 Å². The van der Waals surface area contributed by atoms with Gasteiger partial charge in [-0.1, -0.05) is 6.07 Å². The summed E-state index contributed by atoms with van der Waals surface area (Å²) in [7, 11) is 0. The van der Waals surface area contributed by atoms with Crippen LogP contribution in [0.5, 0.6) is 11.5 Å². The third-order valence-electron chi connectivity index (χ3n) is 1.76. The minimum Gasteiger partial charge on any atom is -0.490 e. The monoisotopic (exact) mass is 217 g/mol. The lowest BCUT2D eigenvalue weighted by Gasteiger charge is -2.11. The summed E-state index contributed by atoms with van der Waals surface area (Å²) in [5.41, 5.74) is 6.23. The molecule has 0 amide bonds. The number of rotatable bonds is 5. The Labute approximate surface area is 86.8 Å². The Kier molecular flexibility index (Phi) is 4.30. The first-order valence-electron chi connectivity index (χ1n) is 4.58. The minimum absolute atomic E-state index is 0.0315. The quantitative estimate of drug-likeness (QED) is 0.821. The number of hydrogen-bond acceptors (Lipinski definition) is 3. The summed E-state index contributed by atoms with van der Waals surface area (Å²) in [4.78, 5) is 0. The minimum atomic E-state index is -2.85. The van der Waals surface area contributed by atoms with Crippen LogP contribution in [0.25, 0.3) is 0 Å². The average Bonchev–Trinajstić information content (AvgIpc) is 2.20. The van der Waals surface area contributed by atoms with Crippen LogP contribution in [0, 0.1) is 0 Å². The molecule has 0 saturated carbocycles. The van der Waals surface area contributed by atoms with E-state index in [-0.39, 0.29) is 5.75 Å². The third kappa shape index (κ3) is 3.36. The van der Waals surface area contributed by atoms with Gasteiger partial charge in [0, 0.05) is 6.54 Å². The van der Waals surface area contributed by atoms with Crippen molar-refractivity contribution >= 4 is 0 Å². The molecule has 0 radical (unpaired) electrons. The molecule has 1 aromatic rings. The smallest absolute Gasteiger partial charge is 0.387 e.